The number of nitrogens with zero attached hydrogens (tertiary/aromatic N) is 4. The molecule has 0 radical (unpaired) electrons. The maximum Gasteiger partial charge on any atom is 0.182 e. The van der Waals surface area contributed by atoms with Crippen LogP contribution in [0.4, 0.5) is 4.39 Å². The van der Waals surface area contributed by atoms with E-state index >= 15 is 0 Å². The SMILES string of the molecule is Cc1cc(F)c2[nH]c(S(=O)N3CCC34CCC4)cc2c1-c1ncn(C)n1. The fourth-order valence-electron chi connectivity index (χ4n) is 4.19. The van der Waals surface area contributed by atoms with Crippen LogP contribution < -0.4 is 0 Å². The summed E-state index contributed by atoms with van der Waals surface area (Å²) in [6.07, 6.45) is 6.14. The second-order valence-electron chi connectivity index (χ2n) is 7.39. The van der Waals surface area contributed by atoms with Crippen molar-refractivity contribution in [3.63, 3.8) is 0 Å². The molecule has 3 heterocycles. The van der Waals surface area contributed by atoms with Crippen LogP contribution in [0.5, 0.6) is 0 Å². The number of fused-ring (bicyclic) bond motifs is 1. The van der Waals surface area contributed by atoms with E-state index in [1.165, 1.54) is 12.5 Å². The highest BCUT2D eigenvalue weighted by Crippen LogP contribution is 2.48. The Morgan fingerprint density at radius 1 is 1.31 bits per heavy atom. The number of rotatable bonds is 3. The first-order valence-corrected chi connectivity index (χ1v) is 9.97. The molecule has 1 aliphatic heterocycles. The lowest BCUT2D eigenvalue weighted by Gasteiger charge is -2.57. The number of aryl methyl sites for hydroxylation is 2. The number of hydrogen-bond acceptors (Lipinski definition) is 3. The molecule has 1 saturated carbocycles. The monoisotopic (exact) mass is 373 g/mol. The first kappa shape index (κ1) is 16.1. The molecule has 136 valence electrons. The van der Waals surface area contributed by atoms with Crippen LogP contribution in [0.2, 0.25) is 0 Å². The van der Waals surface area contributed by atoms with E-state index in [0.29, 0.717) is 21.8 Å². The van der Waals surface area contributed by atoms with E-state index in [0.717, 1.165) is 36.9 Å². The Morgan fingerprint density at radius 3 is 2.69 bits per heavy atom. The molecule has 2 fully saturated rings. The second-order valence-corrected chi connectivity index (χ2v) is 8.77. The number of aromatic amines is 1. The molecule has 1 unspecified atom stereocenters. The van der Waals surface area contributed by atoms with Gasteiger partial charge in [0.2, 0.25) is 0 Å². The molecular weight excluding hydrogens is 353 g/mol. The lowest BCUT2D eigenvalue weighted by atomic mass is 9.70. The molecule has 1 saturated heterocycles. The van der Waals surface area contributed by atoms with Crippen LogP contribution in [-0.2, 0) is 18.0 Å². The van der Waals surface area contributed by atoms with Crippen LogP contribution in [0.3, 0.4) is 0 Å². The minimum absolute atomic E-state index is 0.113. The van der Waals surface area contributed by atoms with Gasteiger partial charge in [0.25, 0.3) is 0 Å². The zero-order valence-corrected chi connectivity index (χ0v) is 15.6. The Hall–Kier alpha value is -2.06. The fraction of sp³-hybridized carbons (Fsp3) is 0.444. The van der Waals surface area contributed by atoms with Crippen LogP contribution in [-0.4, -0.2) is 40.3 Å². The number of hydrogen-bond donors (Lipinski definition) is 1. The molecule has 2 aromatic heterocycles. The smallest absolute Gasteiger partial charge is 0.182 e. The second kappa shape index (κ2) is 5.47. The van der Waals surface area contributed by atoms with Gasteiger partial charge in [-0.05, 0) is 50.3 Å². The van der Waals surface area contributed by atoms with Gasteiger partial charge in [-0.1, -0.05) is 0 Å². The van der Waals surface area contributed by atoms with E-state index in [1.807, 2.05) is 6.92 Å². The number of H-pyrrole nitrogens is 1. The lowest BCUT2D eigenvalue weighted by Crippen LogP contribution is -2.63. The van der Waals surface area contributed by atoms with Crippen molar-refractivity contribution in [1.29, 1.82) is 0 Å². The third-order valence-electron chi connectivity index (χ3n) is 5.84. The zero-order valence-electron chi connectivity index (χ0n) is 14.8. The summed E-state index contributed by atoms with van der Waals surface area (Å²) in [5.74, 6) is 0.202. The Balaban J connectivity index is 1.63. The van der Waals surface area contributed by atoms with E-state index < -0.39 is 11.0 Å². The van der Waals surface area contributed by atoms with Gasteiger partial charge in [-0.2, -0.15) is 5.10 Å². The van der Waals surface area contributed by atoms with Gasteiger partial charge in [0, 0.05) is 30.1 Å². The van der Waals surface area contributed by atoms with E-state index in [1.54, 1.807) is 24.1 Å². The Bertz CT molecular complexity index is 1050. The Labute approximate surface area is 153 Å². The molecule has 1 atom stereocenters. The van der Waals surface area contributed by atoms with Crippen molar-refractivity contribution < 1.29 is 8.60 Å². The molecule has 1 aliphatic carbocycles. The van der Waals surface area contributed by atoms with Crippen LogP contribution in [0.15, 0.2) is 23.5 Å². The summed E-state index contributed by atoms with van der Waals surface area (Å²) in [6, 6.07) is 3.28. The minimum atomic E-state index is -1.30. The summed E-state index contributed by atoms with van der Waals surface area (Å²) < 4.78 is 31.3. The highest BCUT2D eigenvalue weighted by atomic mass is 32.2. The van der Waals surface area contributed by atoms with Gasteiger partial charge >= 0.3 is 0 Å². The summed E-state index contributed by atoms with van der Waals surface area (Å²) in [4.78, 5) is 7.38. The average Bonchev–Trinajstić information content (AvgIpc) is 3.12. The topological polar surface area (TPSA) is 66.8 Å². The van der Waals surface area contributed by atoms with Gasteiger partial charge in [-0.15, -0.1) is 0 Å². The number of nitrogens with one attached hydrogen (secondary N) is 1. The normalized spacial score (nSPS) is 20.3. The van der Waals surface area contributed by atoms with Crippen LogP contribution in [0, 0.1) is 12.7 Å². The molecule has 8 heteroatoms. The van der Waals surface area contributed by atoms with Crippen LogP contribution in [0.1, 0.15) is 31.2 Å². The quantitative estimate of drug-likeness (QED) is 0.767. The summed E-state index contributed by atoms with van der Waals surface area (Å²) in [6.45, 7) is 2.68. The summed E-state index contributed by atoms with van der Waals surface area (Å²) in [5, 5.41) is 5.60. The van der Waals surface area contributed by atoms with Gasteiger partial charge in [0.15, 0.2) is 5.82 Å². The third-order valence-corrected chi connectivity index (χ3v) is 7.41. The molecule has 26 heavy (non-hydrogen) atoms. The predicted molar refractivity (Wildman–Crippen MR) is 97.3 cm³/mol. The summed E-state index contributed by atoms with van der Waals surface area (Å²) >= 11 is 0. The summed E-state index contributed by atoms with van der Waals surface area (Å²) in [5.41, 5.74) is 2.02. The Kier molecular flexibility index (Phi) is 3.39. The highest BCUT2D eigenvalue weighted by molar-refractivity contribution is 7.82. The van der Waals surface area contributed by atoms with Crippen molar-refractivity contribution in [3.05, 3.63) is 29.8 Å². The first-order chi connectivity index (χ1) is 12.5. The predicted octanol–water partition coefficient (Wildman–Crippen LogP) is 3.06. The molecule has 1 N–H and O–H groups in total. The van der Waals surface area contributed by atoms with Crippen molar-refractivity contribution in [1.82, 2.24) is 24.1 Å². The lowest BCUT2D eigenvalue weighted by molar-refractivity contribution is 0.00130. The van der Waals surface area contributed by atoms with E-state index in [-0.39, 0.29) is 11.4 Å². The van der Waals surface area contributed by atoms with Crippen molar-refractivity contribution in [2.24, 2.45) is 7.05 Å². The highest BCUT2D eigenvalue weighted by Gasteiger charge is 2.52. The van der Waals surface area contributed by atoms with Gasteiger partial charge in [-0.3, -0.25) is 4.68 Å². The number of halogens is 1. The maximum atomic E-state index is 14.6. The minimum Gasteiger partial charge on any atom is -0.344 e. The zero-order chi connectivity index (χ0) is 18.1. The van der Waals surface area contributed by atoms with Gasteiger partial charge in [0.05, 0.1) is 5.52 Å². The molecule has 6 nitrogen and oxygen atoms in total. The van der Waals surface area contributed by atoms with Crippen LogP contribution in [0.25, 0.3) is 22.3 Å². The standard InChI is InChI=1S/C18H20FN5OS/c1-11-8-13(19)16-12(15(11)17-20-10-23(2)22-17)9-14(21-16)26(25)24-7-6-18(24)4-3-5-18/h8-10,21H,3-7H2,1-2H3. The van der Waals surface area contributed by atoms with Crippen molar-refractivity contribution >= 4 is 21.9 Å². The molecular formula is C18H20FN5OS. The molecule has 5 rings (SSSR count). The fourth-order valence-corrected chi connectivity index (χ4v) is 5.72. The number of aromatic nitrogens is 4. The largest absolute Gasteiger partial charge is 0.344 e. The molecule has 3 aromatic rings. The summed E-state index contributed by atoms with van der Waals surface area (Å²) in [7, 11) is 0.496. The van der Waals surface area contributed by atoms with Crippen LogP contribution >= 0.6 is 0 Å². The molecule has 1 spiro atoms. The van der Waals surface area contributed by atoms with Gasteiger partial charge in [0.1, 0.15) is 28.2 Å². The number of benzene rings is 1. The maximum absolute atomic E-state index is 14.6. The van der Waals surface area contributed by atoms with Gasteiger partial charge in [-0.25, -0.2) is 17.9 Å². The molecule has 0 bridgehead atoms. The molecule has 2 aliphatic rings. The molecule has 0 amide bonds. The van der Waals surface area contributed by atoms with E-state index in [9.17, 15) is 8.60 Å². The average molecular weight is 373 g/mol. The van der Waals surface area contributed by atoms with Crippen molar-refractivity contribution in [2.45, 2.75) is 43.2 Å². The van der Waals surface area contributed by atoms with Crippen molar-refractivity contribution in [3.8, 4) is 11.4 Å². The van der Waals surface area contributed by atoms with E-state index in [4.69, 9.17) is 0 Å². The first-order valence-electron chi connectivity index (χ1n) is 8.86. The van der Waals surface area contributed by atoms with Gasteiger partial charge < -0.3 is 4.98 Å². The Morgan fingerprint density at radius 2 is 2.12 bits per heavy atom. The van der Waals surface area contributed by atoms with Crippen molar-refractivity contribution in [2.75, 3.05) is 6.54 Å². The molecule has 1 aromatic carbocycles. The third kappa shape index (κ3) is 2.15. The van der Waals surface area contributed by atoms with E-state index in [2.05, 4.69) is 19.4 Å².